The minimum Gasteiger partial charge on any atom is -0.381 e. The van der Waals surface area contributed by atoms with Crippen molar-refractivity contribution in [1.82, 2.24) is 10.0 Å². The maximum atomic E-state index is 11.7. The summed E-state index contributed by atoms with van der Waals surface area (Å²) in [5.74, 6) is 0.468. The van der Waals surface area contributed by atoms with E-state index in [9.17, 15) is 8.42 Å². The van der Waals surface area contributed by atoms with Crippen molar-refractivity contribution in [2.75, 3.05) is 32.1 Å². The first kappa shape index (κ1) is 14.9. The minimum absolute atomic E-state index is 0.138. The third-order valence-corrected chi connectivity index (χ3v) is 4.12. The monoisotopic (exact) mass is 264 g/mol. The summed E-state index contributed by atoms with van der Waals surface area (Å²) in [5, 5.41) is 3.10. The molecule has 1 heterocycles. The lowest BCUT2D eigenvalue weighted by molar-refractivity contribution is 0.0568. The first-order chi connectivity index (χ1) is 7.99. The fraction of sp³-hybridized carbons (Fsp3) is 1.00. The molecule has 1 saturated heterocycles. The van der Waals surface area contributed by atoms with Gasteiger partial charge in [0.05, 0.1) is 12.4 Å². The Bertz CT molecular complexity index is 298. The van der Waals surface area contributed by atoms with Crippen LogP contribution < -0.4 is 10.0 Å². The van der Waals surface area contributed by atoms with E-state index in [-0.39, 0.29) is 5.75 Å². The molecule has 1 atom stereocenters. The Labute approximate surface area is 104 Å². The Kier molecular flexibility index (Phi) is 6.40. The van der Waals surface area contributed by atoms with E-state index in [2.05, 4.69) is 10.0 Å². The first-order valence-electron chi connectivity index (χ1n) is 6.28. The van der Waals surface area contributed by atoms with E-state index < -0.39 is 10.0 Å². The van der Waals surface area contributed by atoms with E-state index >= 15 is 0 Å². The predicted molar refractivity (Wildman–Crippen MR) is 68.5 cm³/mol. The van der Waals surface area contributed by atoms with Crippen LogP contribution >= 0.6 is 0 Å². The summed E-state index contributed by atoms with van der Waals surface area (Å²) in [7, 11) is -3.14. The van der Waals surface area contributed by atoms with Crippen molar-refractivity contribution in [3.8, 4) is 0 Å². The van der Waals surface area contributed by atoms with E-state index in [1.54, 1.807) is 0 Å². The Hall–Kier alpha value is -0.170. The van der Waals surface area contributed by atoms with E-state index in [0.717, 1.165) is 19.4 Å². The average Bonchev–Trinajstić information content (AvgIpc) is 2.27. The van der Waals surface area contributed by atoms with Crippen molar-refractivity contribution in [2.45, 2.75) is 32.7 Å². The van der Waals surface area contributed by atoms with Gasteiger partial charge in [-0.25, -0.2) is 13.1 Å². The summed E-state index contributed by atoms with van der Waals surface area (Å²) in [6.45, 7) is 6.48. The number of nitrogens with one attached hydrogen (secondary N) is 2. The second-order valence-corrected chi connectivity index (χ2v) is 6.79. The van der Waals surface area contributed by atoms with Gasteiger partial charge in [0.15, 0.2) is 0 Å². The van der Waals surface area contributed by atoms with E-state index in [1.807, 2.05) is 13.8 Å². The molecule has 0 radical (unpaired) electrons. The van der Waals surface area contributed by atoms with Gasteiger partial charge in [-0.1, -0.05) is 13.8 Å². The van der Waals surface area contributed by atoms with Gasteiger partial charge in [-0.2, -0.15) is 0 Å². The highest BCUT2D eigenvalue weighted by atomic mass is 32.2. The molecule has 0 bridgehead atoms. The van der Waals surface area contributed by atoms with Crippen LogP contribution in [0, 0.1) is 5.92 Å². The number of hydrogen-bond acceptors (Lipinski definition) is 4. The molecule has 17 heavy (non-hydrogen) atoms. The van der Waals surface area contributed by atoms with E-state index in [4.69, 9.17) is 4.74 Å². The number of sulfonamides is 1. The van der Waals surface area contributed by atoms with Crippen molar-refractivity contribution in [3.05, 3.63) is 0 Å². The molecule has 0 aliphatic carbocycles. The van der Waals surface area contributed by atoms with Gasteiger partial charge < -0.3 is 10.1 Å². The molecule has 1 fully saturated rings. The molecule has 0 amide bonds. The van der Waals surface area contributed by atoms with Crippen LogP contribution in [0.25, 0.3) is 0 Å². The fourth-order valence-corrected chi connectivity index (χ4v) is 2.79. The van der Waals surface area contributed by atoms with Crippen molar-refractivity contribution in [3.63, 3.8) is 0 Å². The first-order valence-corrected chi connectivity index (χ1v) is 7.93. The molecule has 102 valence electrons. The largest absolute Gasteiger partial charge is 0.381 e. The second kappa shape index (κ2) is 7.31. The van der Waals surface area contributed by atoms with Crippen LogP contribution in [0.1, 0.15) is 26.7 Å². The summed E-state index contributed by atoms with van der Waals surface area (Å²) >= 11 is 0. The maximum absolute atomic E-state index is 11.7. The number of rotatable bonds is 7. The highest BCUT2D eigenvalue weighted by molar-refractivity contribution is 7.89. The zero-order valence-corrected chi connectivity index (χ0v) is 11.6. The topological polar surface area (TPSA) is 67.4 Å². The molecule has 0 aromatic carbocycles. The van der Waals surface area contributed by atoms with Crippen molar-refractivity contribution < 1.29 is 13.2 Å². The highest BCUT2D eigenvalue weighted by Gasteiger charge is 2.17. The molecule has 1 unspecified atom stereocenters. The number of ether oxygens (including phenoxy) is 1. The Morgan fingerprint density at radius 3 is 2.76 bits per heavy atom. The lowest BCUT2D eigenvalue weighted by Gasteiger charge is -2.22. The fourth-order valence-electron chi connectivity index (χ4n) is 1.77. The van der Waals surface area contributed by atoms with Crippen LogP contribution in [-0.2, 0) is 14.8 Å². The smallest absolute Gasteiger partial charge is 0.212 e. The predicted octanol–water partition coefficient (Wildman–Crippen LogP) is 0.330. The van der Waals surface area contributed by atoms with Gasteiger partial charge in [-0.3, -0.25) is 0 Å². The van der Waals surface area contributed by atoms with Crippen molar-refractivity contribution in [1.29, 1.82) is 0 Å². The van der Waals surface area contributed by atoms with Crippen LogP contribution in [0.5, 0.6) is 0 Å². The van der Waals surface area contributed by atoms with Crippen molar-refractivity contribution in [2.24, 2.45) is 5.92 Å². The molecule has 1 aliphatic rings. The third-order valence-electron chi connectivity index (χ3n) is 2.77. The normalized spacial score (nSPS) is 21.9. The average molecular weight is 264 g/mol. The van der Waals surface area contributed by atoms with Crippen LogP contribution in [0.2, 0.25) is 0 Å². The van der Waals surface area contributed by atoms with Crippen LogP contribution in [0.3, 0.4) is 0 Å². The van der Waals surface area contributed by atoms with Gasteiger partial charge in [0, 0.05) is 25.7 Å². The summed E-state index contributed by atoms with van der Waals surface area (Å²) in [6, 6.07) is 0.317. The van der Waals surface area contributed by atoms with E-state index in [1.165, 1.54) is 0 Å². The molecule has 0 saturated carbocycles. The summed E-state index contributed by atoms with van der Waals surface area (Å²) < 4.78 is 31.3. The number of hydrogen-bond donors (Lipinski definition) is 2. The molecular weight excluding hydrogens is 240 g/mol. The van der Waals surface area contributed by atoms with Gasteiger partial charge in [0.2, 0.25) is 10.0 Å². The third kappa shape index (κ3) is 6.98. The lowest BCUT2D eigenvalue weighted by atomic mass is 10.0. The summed E-state index contributed by atoms with van der Waals surface area (Å²) in [5.41, 5.74) is 0. The van der Waals surface area contributed by atoms with Gasteiger partial charge in [0.25, 0.3) is 0 Å². The molecule has 2 N–H and O–H groups in total. The summed E-state index contributed by atoms with van der Waals surface area (Å²) in [4.78, 5) is 0. The van der Waals surface area contributed by atoms with Crippen LogP contribution in [0.4, 0.5) is 0 Å². The molecule has 0 spiro atoms. The molecular formula is C11H24N2O3S. The lowest BCUT2D eigenvalue weighted by Crippen LogP contribution is -2.38. The molecule has 0 aromatic rings. The van der Waals surface area contributed by atoms with Crippen LogP contribution in [-0.4, -0.2) is 46.5 Å². The molecule has 6 heteroatoms. The second-order valence-electron chi connectivity index (χ2n) is 4.86. The Balaban J connectivity index is 2.19. The molecule has 1 aliphatic heterocycles. The van der Waals surface area contributed by atoms with Gasteiger partial charge in [0.1, 0.15) is 0 Å². The Morgan fingerprint density at radius 1 is 1.41 bits per heavy atom. The zero-order chi connectivity index (χ0) is 12.7. The quantitative estimate of drug-likeness (QED) is 0.695. The highest BCUT2D eigenvalue weighted by Crippen LogP contribution is 2.12. The molecule has 5 nitrogen and oxygen atoms in total. The minimum atomic E-state index is -3.14. The van der Waals surface area contributed by atoms with Gasteiger partial charge in [-0.15, -0.1) is 0 Å². The zero-order valence-electron chi connectivity index (χ0n) is 10.7. The maximum Gasteiger partial charge on any atom is 0.212 e. The SMILES string of the molecule is CC(C)NCCS(=O)(=O)NCC1CCCOC1. The molecule has 1 rings (SSSR count). The van der Waals surface area contributed by atoms with Crippen molar-refractivity contribution >= 4 is 10.0 Å². The van der Waals surface area contributed by atoms with Gasteiger partial charge in [-0.05, 0) is 18.8 Å². The van der Waals surface area contributed by atoms with E-state index in [0.29, 0.717) is 31.7 Å². The van der Waals surface area contributed by atoms with Crippen LogP contribution in [0.15, 0.2) is 0 Å². The standard InChI is InChI=1S/C11H24N2O3S/c1-10(2)12-5-7-17(14,15)13-8-11-4-3-6-16-9-11/h10-13H,3-9H2,1-2H3. The molecule has 0 aromatic heterocycles. The van der Waals surface area contributed by atoms with Gasteiger partial charge >= 0.3 is 0 Å². The summed E-state index contributed by atoms with van der Waals surface area (Å²) in [6.07, 6.45) is 2.08. The Morgan fingerprint density at radius 2 is 2.18 bits per heavy atom.